The molecule has 0 saturated carbocycles. The third kappa shape index (κ3) is 3.99. The zero-order valence-electron chi connectivity index (χ0n) is 13.6. The fraction of sp³-hybridized carbons (Fsp3) is 0.188. The number of ether oxygens (including phenoxy) is 1. The lowest BCUT2D eigenvalue weighted by Crippen LogP contribution is -2.30. The molecule has 1 aliphatic rings. The van der Waals surface area contributed by atoms with Crippen molar-refractivity contribution in [1.29, 1.82) is 0 Å². The molecule has 1 aromatic carbocycles. The Morgan fingerprint density at radius 1 is 1.19 bits per heavy atom. The van der Waals surface area contributed by atoms with Gasteiger partial charge in [-0.25, -0.2) is 13.4 Å². The van der Waals surface area contributed by atoms with Gasteiger partial charge in [-0.2, -0.15) is 13.2 Å². The molecule has 1 aliphatic heterocycles. The summed E-state index contributed by atoms with van der Waals surface area (Å²) in [5, 5.41) is 1.55. The molecule has 2 aromatic rings. The van der Waals surface area contributed by atoms with Crippen LogP contribution < -0.4 is 4.31 Å². The Bertz CT molecular complexity index is 1040. The Kier molecular flexibility index (Phi) is 5.04. The van der Waals surface area contributed by atoms with E-state index in [0.717, 1.165) is 24.6 Å². The minimum atomic E-state index is -4.71. The highest BCUT2D eigenvalue weighted by atomic mass is 35.5. The van der Waals surface area contributed by atoms with E-state index in [0.29, 0.717) is 19.9 Å². The first-order valence-corrected chi connectivity index (χ1v) is 9.61. The molecule has 0 fully saturated rings. The van der Waals surface area contributed by atoms with Crippen LogP contribution in [-0.4, -0.2) is 20.4 Å². The second-order valence-electron chi connectivity index (χ2n) is 5.58. The first kappa shape index (κ1) is 19.8. The predicted molar refractivity (Wildman–Crippen MR) is 95.8 cm³/mol. The molecule has 0 amide bonds. The summed E-state index contributed by atoms with van der Waals surface area (Å²) in [7, 11) is -2.93. The number of fused-ring (bicyclic) bond motifs is 1. The Balaban J connectivity index is 1.99. The fourth-order valence-corrected chi connectivity index (χ4v) is 3.81. The van der Waals surface area contributed by atoms with Crippen molar-refractivity contribution in [3.05, 3.63) is 62.6 Å². The van der Waals surface area contributed by atoms with Gasteiger partial charge in [0.2, 0.25) is 0 Å². The number of alkyl halides is 3. The van der Waals surface area contributed by atoms with Gasteiger partial charge in [0.05, 0.1) is 11.0 Å². The molecule has 11 heteroatoms. The topological polar surface area (TPSA) is 59.5 Å². The van der Waals surface area contributed by atoms with Crippen LogP contribution >= 0.6 is 23.2 Å². The standard InChI is InChI=1S/C16H11Cl2F3N2O3S/c1-23-15-11(4-5-14(22-15)16(19,20)21)13(8-27(23,24)25)26-7-9-2-3-10(17)6-12(9)18/h2-6,8H,7H2,1H3. The zero-order chi connectivity index (χ0) is 20.0. The fourth-order valence-electron chi connectivity index (χ4n) is 2.34. The summed E-state index contributed by atoms with van der Waals surface area (Å²) < 4.78 is 69.4. The molecule has 0 unspecified atom stereocenters. The molecule has 0 bridgehead atoms. The number of aromatic nitrogens is 1. The van der Waals surface area contributed by atoms with Crippen molar-refractivity contribution in [2.75, 3.05) is 11.4 Å². The summed E-state index contributed by atoms with van der Waals surface area (Å²) in [5.41, 5.74) is -0.560. The third-order valence-corrected chi connectivity index (χ3v) is 5.80. The number of pyridine rings is 1. The van der Waals surface area contributed by atoms with Crippen molar-refractivity contribution in [2.24, 2.45) is 0 Å². The molecular weight excluding hydrogens is 428 g/mol. The van der Waals surface area contributed by atoms with Crippen LogP contribution in [0.5, 0.6) is 0 Å². The van der Waals surface area contributed by atoms with Crippen molar-refractivity contribution in [3.8, 4) is 0 Å². The monoisotopic (exact) mass is 438 g/mol. The van der Waals surface area contributed by atoms with Crippen molar-refractivity contribution < 1.29 is 26.3 Å². The molecule has 3 rings (SSSR count). The lowest BCUT2D eigenvalue weighted by Gasteiger charge is -2.26. The van der Waals surface area contributed by atoms with E-state index in [1.807, 2.05) is 0 Å². The Labute approximate surface area is 163 Å². The van der Waals surface area contributed by atoms with Gasteiger partial charge >= 0.3 is 6.18 Å². The summed E-state index contributed by atoms with van der Waals surface area (Å²) >= 11 is 11.9. The van der Waals surface area contributed by atoms with E-state index < -0.39 is 21.9 Å². The van der Waals surface area contributed by atoms with E-state index in [-0.39, 0.29) is 23.7 Å². The van der Waals surface area contributed by atoms with Crippen LogP contribution in [0.2, 0.25) is 10.0 Å². The molecule has 144 valence electrons. The Hall–Kier alpha value is -1.97. The van der Waals surface area contributed by atoms with Gasteiger partial charge < -0.3 is 4.74 Å². The Morgan fingerprint density at radius 3 is 2.52 bits per heavy atom. The highest BCUT2D eigenvalue weighted by Crippen LogP contribution is 2.37. The van der Waals surface area contributed by atoms with Gasteiger partial charge in [-0.15, -0.1) is 0 Å². The first-order chi connectivity index (χ1) is 12.5. The van der Waals surface area contributed by atoms with Crippen LogP contribution in [0, 0.1) is 0 Å². The van der Waals surface area contributed by atoms with E-state index in [1.54, 1.807) is 12.1 Å². The number of hydrogen-bond donors (Lipinski definition) is 0. The largest absolute Gasteiger partial charge is 0.487 e. The van der Waals surface area contributed by atoms with Crippen molar-refractivity contribution in [3.63, 3.8) is 0 Å². The molecule has 27 heavy (non-hydrogen) atoms. The van der Waals surface area contributed by atoms with E-state index in [9.17, 15) is 21.6 Å². The summed E-state index contributed by atoms with van der Waals surface area (Å²) in [6, 6.07) is 6.55. The SMILES string of the molecule is CN1c2nc(C(F)(F)F)ccc2C(OCc2ccc(Cl)cc2Cl)=CS1(=O)=O. The number of benzene rings is 1. The molecule has 2 heterocycles. The summed E-state index contributed by atoms with van der Waals surface area (Å²) in [6.07, 6.45) is -4.71. The lowest BCUT2D eigenvalue weighted by molar-refractivity contribution is -0.141. The molecule has 0 atom stereocenters. The number of nitrogens with zero attached hydrogens (tertiary/aromatic N) is 2. The smallest absolute Gasteiger partial charge is 0.433 e. The molecule has 0 aliphatic carbocycles. The highest BCUT2D eigenvalue weighted by Gasteiger charge is 2.36. The third-order valence-electron chi connectivity index (χ3n) is 3.77. The maximum atomic E-state index is 12.9. The van der Waals surface area contributed by atoms with Gasteiger partial charge in [-0.1, -0.05) is 29.3 Å². The molecule has 0 saturated heterocycles. The lowest BCUT2D eigenvalue weighted by atomic mass is 10.2. The zero-order valence-corrected chi connectivity index (χ0v) is 15.9. The quantitative estimate of drug-likeness (QED) is 0.696. The van der Waals surface area contributed by atoms with Crippen LogP contribution in [0.25, 0.3) is 5.76 Å². The van der Waals surface area contributed by atoms with Gasteiger partial charge in [0, 0.05) is 22.7 Å². The first-order valence-electron chi connectivity index (χ1n) is 7.35. The van der Waals surface area contributed by atoms with Crippen molar-refractivity contribution in [1.82, 2.24) is 4.98 Å². The predicted octanol–water partition coefficient (Wildman–Crippen LogP) is 4.70. The Morgan fingerprint density at radius 2 is 1.89 bits per heavy atom. The van der Waals surface area contributed by atoms with Gasteiger partial charge in [0.1, 0.15) is 18.1 Å². The second-order valence-corrected chi connectivity index (χ2v) is 8.24. The van der Waals surface area contributed by atoms with Gasteiger partial charge in [-0.3, -0.25) is 4.31 Å². The average molecular weight is 439 g/mol. The minimum Gasteiger partial charge on any atom is -0.487 e. The van der Waals surface area contributed by atoms with Crippen LogP contribution in [0.3, 0.4) is 0 Å². The molecule has 1 aromatic heterocycles. The van der Waals surface area contributed by atoms with Gasteiger partial charge in [0.25, 0.3) is 10.0 Å². The van der Waals surface area contributed by atoms with Crippen LogP contribution in [-0.2, 0) is 27.5 Å². The van der Waals surface area contributed by atoms with E-state index >= 15 is 0 Å². The molecule has 5 nitrogen and oxygen atoms in total. The van der Waals surface area contributed by atoms with Gasteiger partial charge in [0.15, 0.2) is 5.82 Å². The minimum absolute atomic E-state index is 0.110. The number of halogens is 5. The maximum absolute atomic E-state index is 12.9. The number of anilines is 1. The molecule has 0 N–H and O–H groups in total. The normalized spacial score (nSPS) is 15.9. The van der Waals surface area contributed by atoms with Crippen LogP contribution in [0.4, 0.5) is 19.0 Å². The van der Waals surface area contributed by atoms with Crippen molar-refractivity contribution in [2.45, 2.75) is 12.8 Å². The molecule has 0 radical (unpaired) electrons. The summed E-state index contributed by atoms with van der Waals surface area (Å²) in [4.78, 5) is 3.45. The number of rotatable bonds is 3. The molecule has 0 spiro atoms. The van der Waals surface area contributed by atoms with Gasteiger partial charge in [-0.05, 0) is 24.3 Å². The molecular formula is C16H11Cl2F3N2O3S. The van der Waals surface area contributed by atoms with Crippen molar-refractivity contribution >= 4 is 44.8 Å². The maximum Gasteiger partial charge on any atom is 0.433 e. The van der Waals surface area contributed by atoms with Crippen LogP contribution in [0.1, 0.15) is 16.8 Å². The average Bonchev–Trinajstić information content (AvgIpc) is 2.57. The van der Waals surface area contributed by atoms with E-state index in [2.05, 4.69) is 4.98 Å². The second kappa shape index (κ2) is 6.88. The van der Waals surface area contributed by atoms with E-state index in [4.69, 9.17) is 27.9 Å². The number of sulfonamides is 1. The highest BCUT2D eigenvalue weighted by molar-refractivity contribution is 7.95. The van der Waals surface area contributed by atoms with Crippen LogP contribution in [0.15, 0.2) is 35.7 Å². The summed E-state index contributed by atoms with van der Waals surface area (Å²) in [6.45, 7) is -0.110. The summed E-state index contributed by atoms with van der Waals surface area (Å²) in [5.74, 6) is -0.500. The number of hydrogen-bond acceptors (Lipinski definition) is 4. The van der Waals surface area contributed by atoms with E-state index in [1.165, 1.54) is 6.07 Å².